The summed E-state index contributed by atoms with van der Waals surface area (Å²) in [4.78, 5) is 11.1. The van der Waals surface area contributed by atoms with E-state index >= 15 is 0 Å². The van der Waals surface area contributed by atoms with Crippen molar-refractivity contribution in [1.82, 2.24) is 0 Å². The second-order valence-electron chi connectivity index (χ2n) is 4.53. The molecule has 2 aromatic rings. The normalized spacial score (nSPS) is 11.5. The van der Waals surface area contributed by atoms with Crippen LogP contribution in [0.5, 0.6) is 0 Å². The van der Waals surface area contributed by atoms with Crippen LogP contribution in [0.4, 0.5) is 37.7 Å². The van der Waals surface area contributed by atoms with Crippen molar-refractivity contribution < 1.29 is 36.2 Å². The molecule has 2 rings (SSSR count). The number of rotatable bonds is 3. The standard InChI is InChI=1S/C14H6F6INO2/c15-7-1-2-9(12(21)11(7)17)22-10-4-6(14(18,19)20)8(16)3-5(10)13(23)24/h1-4,22H,(H,23,24). The average molecular weight is 461 g/mol. The Kier molecular flexibility index (Phi) is 4.97. The van der Waals surface area contributed by atoms with Gasteiger partial charge in [-0.25, -0.2) is 18.0 Å². The number of hydrogen-bond acceptors (Lipinski definition) is 2. The van der Waals surface area contributed by atoms with Crippen LogP contribution < -0.4 is 5.32 Å². The van der Waals surface area contributed by atoms with Crippen molar-refractivity contribution in [1.29, 1.82) is 0 Å². The first-order chi connectivity index (χ1) is 11.0. The Labute approximate surface area is 144 Å². The Morgan fingerprint density at radius 3 is 2.21 bits per heavy atom. The molecule has 0 aliphatic rings. The van der Waals surface area contributed by atoms with Crippen LogP contribution in [0.1, 0.15) is 15.9 Å². The second kappa shape index (κ2) is 6.49. The Bertz CT molecular complexity index is 822. The van der Waals surface area contributed by atoms with Gasteiger partial charge >= 0.3 is 12.1 Å². The Morgan fingerprint density at radius 1 is 1.04 bits per heavy atom. The van der Waals surface area contributed by atoms with Crippen molar-refractivity contribution in [3.8, 4) is 0 Å². The molecule has 0 aliphatic carbocycles. The fourth-order valence-corrected chi connectivity index (χ4v) is 2.41. The number of hydrogen-bond donors (Lipinski definition) is 2. The molecule has 0 saturated carbocycles. The molecule has 24 heavy (non-hydrogen) atoms. The van der Waals surface area contributed by atoms with Crippen molar-refractivity contribution in [2.45, 2.75) is 6.18 Å². The van der Waals surface area contributed by atoms with Gasteiger partial charge in [0.1, 0.15) is 5.82 Å². The highest BCUT2D eigenvalue weighted by atomic mass is 127. The zero-order valence-corrected chi connectivity index (χ0v) is 13.5. The van der Waals surface area contributed by atoms with E-state index in [9.17, 15) is 31.1 Å². The van der Waals surface area contributed by atoms with Crippen LogP contribution in [-0.4, -0.2) is 11.1 Å². The van der Waals surface area contributed by atoms with Gasteiger partial charge in [0.15, 0.2) is 11.6 Å². The van der Waals surface area contributed by atoms with E-state index in [-0.39, 0.29) is 21.4 Å². The fraction of sp³-hybridized carbons (Fsp3) is 0.0714. The van der Waals surface area contributed by atoms with Gasteiger partial charge in [-0.05, 0) is 46.9 Å². The SMILES string of the molecule is O=C(O)c1cc(F)c(C(F)(F)F)cc1Nc1ccc(F)c(F)c1I. The van der Waals surface area contributed by atoms with E-state index in [2.05, 4.69) is 5.32 Å². The van der Waals surface area contributed by atoms with Gasteiger partial charge in [0.05, 0.1) is 26.1 Å². The van der Waals surface area contributed by atoms with Crippen molar-refractivity contribution >= 4 is 39.9 Å². The lowest BCUT2D eigenvalue weighted by Gasteiger charge is -2.15. The smallest absolute Gasteiger partial charge is 0.419 e. The molecule has 0 fully saturated rings. The summed E-state index contributed by atoms with van der Waals surface area (Å²) in [5.41, 5.74) is -3.26. The molecule has 0 amide bonds. The Morgan fingerprint density at radius 2 is 1.67 bits per heavy atom. The summed E-state index contributed by atoms with van der Waals surface area (Å²) < 4.78 is 78.1. The van der Waals surface area contributed by atoms with Crippen LogP contribution in [0.3, 0.4) is 0 Å². The van der Waals surface area contributed by atoms with Gasteiger partial charge in [0, 0.05) is 0 Å². The highest BCUT2D eigenvalue weighted by Crippen LogP contribution is 2.36. The van der Waals surface area contributed by atoms with E-state index in [1.165, 1.54) is 22.6 Å². The summed E-state index contributed by atoms with van der Waals surface area (Å²) in [6.07, 6.45) is -5.06. The van der Waals surface area contributed by atoms with Gasteiger partial charge in [0.25, 0.3) is 0 Å². The number of carbonyl (C=O) groups is 1. The number of carboxylic acid groups (broad SMARTS) is 1. The molecule has 3 nitrogen and oxygen atoms in total. The number of nitrogens with one attached hydrogen (secondary N) is 1. The summed E-state index contributed by atoms with van der Waals surface area (Å²) in [6.45, 7) is 0. The first-order valence-electron chi connectivity index (χ1n) is 6.07. The zero-order chi connectivity index (χ0) is 18.2. The van der Waals surface area contributed by atoms with Gasteiger partial charge in [-0.3, -0.25) is 0 Å². The molecule has 0 bridgehead atoms. The van der Waals surface area contributed by atoms with Crippen LogP contribution in [0, 0.1) is 21.0 Å². The third-order valence-electron chi connectivity index (χ3n) is 2.95. The number of carboxylic acids is 1. The molecule has 0 radical (unpaired) electrons. The predicted molar refractivity (Wildman–Crippen MR) is 80.7 cm³/mol. The fourth-order valence-electron chi connectivity index (χ4n) is 1.84. The number of halogens is 7. The minimum absolute atomic E-state index is 0.170. The van der Waals surface area contributed by atoms with Crippen molar-refractivity contribution in [2.75, 3.05) is 5.32 Å². The number of anilines is 2. The van der Waals surface area contributed by atoms with E-state index in [1.54, 1.807) is 0 Å². The van der Waals surface area contributed by atoms with Gasteiger partial charge < -0.3 is 10.4 Å². The lowest BCUT2D eigenvalue weighted by molar-refractivity contribution is -0.139. The first-order valence-corrected chi connectivity index (χ1v) is 7.14. The third-order valence-corrected chi connectivity index (χ3v) is 4.00. The largest absolute Gasteiger partial charge is 0.478 e. The van der Waals surface area contributed by atoms with Crippen LogP contribution in [-0.2, 0) is 6.18 Å². The molecule has 2 aromatic carbocycles. The molecule has 0 spiro atoms. The predicted octanol–water partition coefficient (Wildman–Crippen LogP) is 5.17. The van der Waals surface area contributed by atoms with Crippen molar-refractivity contribution in [3.05, 3.63) is 56.4 Å². The molecular formula is C14H6F6INO2. The average Bonchev–Trinajstić information content (AvgIpc) is 2.47. The Hall–Kier alpha value is -1.98. The highest BCUT2D eigenvalue weighted by molar-refractivity contribution is 14.1. The summed E-state index contributed by atoms with van der Waals surface area (Å²) >= 11 is 1.40. The molecule has 2 N–H and O–H groups in total. The topological polar surface area (TPSA) is 49.3 Å². The monoisotopic (exact) mass is 461 g/mol. The van der Waals surface area contributed by atoms with Crippen LogP contribution in [0.2, 0.25) is 0 Å². The van der Waals surface area contributed by atoms with E-state index in [0.29, 0.717) is 6.07 Å². The summed E-state index contributed by atoms with van der Waals surface area (Å²) in [6, 6.07) is 2.20. The van der Waals surface area contributed by atoms with Gasteiger partial charge in [-0.1, -0.05) is 0 Å². The van der Waals surface area contributed by atoms with E-state index in [0.717, 1.165) is 6.07 Å². The van der Waals surface area contributed by atoms with Crippen LogP contribution >= 0.6 is 22.6 Å². The molecule has 0 heterocycles. The molecule has 0 aliphatic heterocycles. The second-order valence-corrected chi connectivity index (χ2v) is 5.61. The first kappa shape index (κ1) is 18.4. The summed E-state index contributed by atoms with van der Waals surface area (Å²) in [5.74, 6) is -5.89. The van der Waals surface area contributed by atoms with Gasteiger partial charge in [-0.15, -0.1) is 0 Å². The maximum Gasteiger partial charge on any atom is 0.419 e. The van der Waals surface area contributed by atoms with E-state index < -0.39 is 46.4 Å². The zero-order valence-electron chi connectivity index (χ0n) is 11.3. The van der Waals surface area contributed by atoms with E-state index in [4.69, 9.17) is 5.11 Å². The Balaban J connectivity index is 2.60. The van der Waals surface area contributed by atoms with Gasteiger partial charge in [-0.2, -0.15) is 13.2 Å². The molecule has 10 heteroatoms. The summed E-state index contributed by atoms with van der Waals surface area (Å²) in [7, 11) is 0. The van der Waals surface area contributed by atoms with Crippen LogP contribution in [0.15, 0.2) is 24.3 Å². The molecule has 0 aromatic heterocycles. The number of alkyl halides is 3. The number of benzene rings is 2. The summed E-state index contributed by atoms with van der Waals surface area (Å²) in [5, 5.41) is 11.3. The van der Waals surface area contributed by atoms with Crippen molar-refractivity contribution in [2.24, 2.45) is 0 Å². The molecule has 0 unspecified atom stereocenters. The molecule has 0 atom stereocenters. The maximum absolute atomic E-state index is 13.5. The van der Waals surface area contributed by atoms with Crippen LogP contribution in [0.25, 0.3) is 0 Å². The minimum Gasteiger partial charge on any atom is -0.478 e. The van der Waals surface area contributed by atoms with E-state index in [1.807, 2.05) is 0 Å². The van der Waals surface area contributed by atoms with Gasteiger partial charge in [0.2, 0.25) is 0 Å². The lowest BCUT2D eigenvalue weighted by Crippen LogP contribution is -2.12. The lowest BCUT2D eigenvalue weighted by atomic mass is 10.1. The third kappa shape index (κ3) is 3.57. The minimum atomic E-state index is -5.06. The highest BCUT2D eigenvalue weighted by Gasteiger charge is 2.35. The number of aromatic carboxylic acids is 1. The molecule has 0 saturated heterocycles. The maximum atomic E-state index is 13.5. The molecular weight excluding hydrogens is 455 g/mol. The molecule has 128 valence electrons. The quantitative estimate of drug-likeness (QED) is 0.377. The van der Waals surface area contributed by atoms with Crippen molar-refractivity contribution in [3.63, 3.8) is 0 Å².